The molecule has 24 heavy (non-hydrogen) atoms. The highest BCUT2D eigenvalue weighted by Crippen LogP contribution is 2.25. The van der Waals surface area contributed by atoms with Gasteiger partial charge in [-0.15, -0.1) is 10.2 Å². The van der Waals surface area contributed by atoms with Crippen LogP contribution >= 0.6 is 11.6 Å². The highest BCUT2D eigenvalue weighted by molar-refractivity contribution is 6.32. The molecule has 0 saturated heterocycles. The lowest BCUT2D eigenvalue weighted by Gasteiger charge is -2.03. The summed E-state index contributed by atoms with van der Waals surface area (Å²) < 4.78 is 38.6. The number of carbonyl (C=O) groups excluding carboxylic acids is 1. The molecule has 0 aliphatic carbocycles. The summed E-state index contributed by atoms with van der Waals surface area (Å²) in [6.07, 6.45) is -2.70. The first-order valence-corrected chi connectivity index (χ1v) is 6.76. The molecule has 0 aliphatic heterocycles. The van der Waals surface area contributed by atoms with Gasteiger partial charge in [0.25, 0.3) is 5.82 Å². The van der Waals surface area contributed by atoms with Crippen molar-refractivity contribution in [2.24, 2.45) is 0 Å². The van der Waals surface area contributed by atoms with E-state index in [4.69, 9.17) is 11.6 Å². The number of tetrazole rings is 1. The predicted octanol–water partition coefficient (Wildman–Crippen LogP) is 1.79. The molecule has 3 rings (SSSR count). The van der Waals surface area contributed by atoms with E-state index in [2.05, 4.69) is 25.5 Å². The van der Waals surface area contributed by atoms with E-state index in [1.54, 1.807) is 12.1 Å². The summed E-state index contributed by atoms with van der Waals surface area (Å²) in [4.78, 5) is 15.9. The van der Waals surface area contributed by atoms with Gasteiger partial charge in [-0.05, 0) is 23.4 Å². The molecule has 0 aromatic carbocycles. The van der Waals surface area contributed by atoms with Gasteiger partial charge in [-0.25, -0.2) is 9.67 Å². The largest absolute Gasteiger partial charge is 0.455 e. The van der Waals surface area contributed by atoms with Crippen molar-refractivity contribution in [3.63, 3.8) is 0 Å². The Bertz CT molecular complexity index is 889. The second-order valence-electron chi connectivity index (χ2n) is 4.54. The molecule has 0 atom stereocenters. The fourth-order valence-electron chi connectivity index (χ4n) is 1.88. The van der Waals surface area contributed by atoms with Gasteiger partial charge in [0.05, 0.1) is 10.7 Å². The molecule has 0 N–H and O–H groups in total. The molecular weight excluding hydrogens is 351 g/mol. The van der Waals surface area contributed by atoms with Crippen LogP contribution in [-0.2, 0) is 12.7 Å². The van der Waals surface area contributed by atoms with E-state index in [1.165, 1.54) is 16.9 Å². The van der Waals surface area contributed by atoms with Crippen LogP contribution in [0.5, 0.6) is 0 Å². The third kappa shape index (κ3) is 3.11. The van der Waals surface area contributed by atoms with Gasteiger partial charge in [-0.3, -0.25) is 4.79 Å². The lowest BCUT2D eigenvalue weighted by atomic mass is 10.3. The van der Waals surface area contributed by atoms with Crippen LogP contribution in [0.2, 0.25) is 5.02 Å². The summed E-state index contributed by atoms with van der Waals surface area (Å²) in [6, 6.07) is 4.54. The van der Waals surface area contributed by atoms with Gasteiger partial charge in [-0.1, -0.05) is 11.6 Å². The average Bonchev–Trinajstić information content (AvgIpc) is 3.14. The maximum absolute atomic E-state index is 12.5. The van der Waals surface area contributed by atoms with Crippen molar-refractivity contribution in [3.05, 3.63) is 46.6 Å². The highest BCUT2D eigenvalue weighted by atomic mass is 35.5. The minimum absolute atomic E-state index is 0.127. The number of nitrogens with zero attached hydrogens (tertiary/aromatic N) is 7. The second-order valence-corrected chi connectivity index (χ2v) is 4.95. The van der Waals surface area contributed by atoms with Crippen LogP contribution in [0, 0.1) is 0 Å². The van der Waals surface area contributed by atoms with Crippen molar-refractivity contribution < 1.29 is 18.0 Å². The number of carbonyl (C=O) groups is 1. The third-order valence-electron chi connectivity index (χ3n) is 2.86. The van der Waals surface area contributed by atoms with E-state index in [-0.39, 0.29) is 28.8 Å². The van der Waals surface area contributed by atoms with Gasteiger partial charge >= 0.3 is 6.18 Å². The topological polar surface area (TPSA) is 91.4 Å². The Kier molecular flexibility index (Phi) is 4.01. The van der Waals surface area contributed by atoms with Gasteiger partial charge in [0, 0.05) is 6.20 Å². The first-order valence-electron chi connectivity index (χ1n) is 6.38. The molecular formula is C12H7ClF3N7O. The van der Waals surface area contributed by atoms with Crippen molar-refractivity contribution in [3.8, 4) is 5.82 Å². The van der Waals surface area contributed by atoms with Crippen molar-refractivity contribution >= 4 is 17.9 Å². The number of aldehydes is 1. The van der Waals surface area contributed by atoms with Crippen molar-refractivity contribution in [2.45, 2.75) is 12.7 Å². The number of hydrogen-bond donors (Lipinski definition) is 0. The molecule has 0 spiro atoms. The van der Waals surface area contributed by atoms with Crippen molar-refractivity contribution in [1.29, 1.82) is 0 Å². The van der Waals surface area contributed by atoms with Crippen molar-refractivity contribution in [1.82, 2.24) is 35.0 Å². The number of pyridine rings is 1. The van der Waals surface area contributed by atoms with Crippen LogP contribution in [0.15, 0.2) is 24.4 Å². The zero-order chi connectivity index (χ0) is 17.3. The summed E-state index contributed by atoms with van der Waals surface area (Å²) in [7, 11) is 0. The molecule has 0 amide bonds. The van der Waals surface area contributed by atoms with Gasteiger partial charge in [0.2, 0.25) is 0 Å². The molecule has 0 bridgehead atoms. The summed E-state index contributed by atoms with van der Waals surface area (Å²) in [5.41, 5.74) is 0.367. The Labute approximate surface area is 136 Å². The van der Waals surface area contributed by atoms with E-state index >= 15 is 0 Å². The lowest BCUT2D eigenvalue weighted by Crippen LogP contribution is -2.10. The molecule has 0 fully saturated rings. The van der Waals surface area contributed by atoms with Crippen LogP contribution in [-0.4, -0.2) is 41.3 Å². The maximum atomic E-state index is 12.5. The first kappa shape index (κ1) is 16.1. The smallest absolute Gasteiger partial charge is 0.296 e. The van der Waals surface area contributed by atoms with Crippen LogP contribution in [0.4, 0.5) is 13.2 Å². The van der Waals surface area contributed by atoms with E-state index in [1.807, 2.05) is 0 Å². The number of alkyl halides is 3. The number of rotatable bonds is 4. The van der Waals surface area contributed by atoms with Gasteiger partial charge in [0.1, 0.15) is 12.2 Å². The minimum atomic E-state index is -4.69. The molecule has 0 saturated carbocycles. The zero-order valence-electron chi connectivity index (χ0n) is 11.6. The number of aromatic nitrogens is 7. The Morgan fingerprint density at radius 1 is 1.29 bits per heavy atom. The second kappa shape index (κ2) is 6.00. The van der Waals surface area contributed by atoms with Crippen LogP contribution in [0.1, 0.15) is 22.0 Å². The molecule has 3 aromatic heterocycles. The normalized spacial score (nSPS) is 11.7. The van der Waals surface area contributed by atoms with Gasteiger partial charge in [0.15, 0.2) is 12.1 Å². The van der Waals surface area contributed by atoms with Crippen LogP contribution in [0.25, 0.3) is 5.82 Å². The molecule has 0 unspecified atom stereocenters. The molecule has 124 valence electrons. The summed E-state index contributed by atoms with van der Waals surface area (Å²) in [5.74, 6) is -1.14. The van der Waals surface area contributed by atoms with Crippen LogP contribution < -0.4 is 0 Å². The van der Waals surface area contributed by atoms with E-state index < -0.39 is 12.0 Å². The molecule has 8 nitrogen and oxygen atoms in total. The summed E-state index contributed by atoms with van der Waals surface area (Å²) in [5, 5.41) is 13.8. The zero-order valence-corrected chi connectivity index (χ0v) is 12.4. The highest BCUT2D eigenvalue weighted by Gasteiger charge is 2.36. The van der Waals surface area contributed by atoms with E-state index in [0.717, 1.165) is 4.80 Å². The Morgan fingerprint density at radius 3 is 2.71 bits per heavy atom. The van der Waals surface area contributed by atoms with Gasteiger partial charge in [-0.2, -0.15) is 23.1 Å². The molecule has 0 radical (unpaired) electrons. The number of halogens is 4. The molecule has 12 heteroatoms. The quantitative estimate of drug-likeness (QED) is 0.661. The van der Waals surface area contributed by atoms with Gasteiger partial charge < -0.3 is 0 Å². The molecule has 3 heterocycles. The van der Waals surface area contributed by atoms with E-state index in [9.17, 15) is 18.0 Å². The fourth-order valence-corrected chi connectivity index (χ4v) is 2.08. The summed E-state index contributed by atoms with van der Waals surface area (Å²) >= 11 is 6.01. The monoisotopic (exact) mass is 357 g/mol. The first-order chi connectivity index (χ1) is 11.4. The summed E-state index contributed by atoms with van der Waals surface area (Å²) in [6.45, 7) is -0.207. The van der Waals surface area contributed by atoms with Crippen LogP contribution in [0.3, 0.4) is 0 Å². The number of hydrogen-bond acceptors (Lipinski definition) is 6. The third-order valence-corrected chi connectivity index (χ3v) is 3.15. The lowest BCUT2D eigenvalue weighted by molar-refractivity contribution is -0.145. The maximum Gasteiger partial charge on any atom is 0.455 e. The average molecular weight is 358 g/mol. The minimum Gasteiger partial charge on any atom is -0.296 e. The Balaban J connectivity index is 1.92. The molecule has 0 aliphatic rings. The standard InChI is InChI=1S/C12H7ClF3N7O/c13-9-2-1-3-17-10(9)23-8(6-24)4-7(19-23)5-22-20-11(18-21-22)12(14,15)16/h1-4,6H,5H2. The van der Waals surface area contributed by atoms with E-state index in [0.29, 0.717) is 6.29 Å². The molecule has 3 aromatic rings. The predicted molar refractivity (Wildman–Crippen MR) is 73.7 cm³/mol. The SMILES string of the molecule is O=Cc1cc(Cn2nnc(C(F)(F)F)n2)nn1-c1ncccc1Cl. The Morgan fingerprint density at radius 2 is 2.08 bits per heavy atom. The fraction of sp³-hybridized carbons (Fsp3) is 0.167. The van der Waals surface area contributed by atoms with Crippen molar-refractivity contribution in [2.75, 3.05) is 0 Å². The Hall–Kier alpha value is -2.82.